The second-order valence-corrected chi connectivity index (χ2v) is 9.58. The Morgan fingerprint density at radius 2 is 1.64 bits per heavy atom. The zero-order valence-electron chi connectivity index (χ0n) is 18.4. The van der Waals surface area contributed by atoms with Crippen LogP contribution in [0.1, 0.15) is 5.56 Å². The average Bonchev–Trinajstić information content (AvgIpc) is 2.85. The van der Waals surface area contributed by atoms with Gasteiger partial charge in [0, 0.05) is 18.8 Å². The normalized spacial score (nSPS) is 14.6. The van der Waals surface area contributed by atoms with E-state index in [1.165, 1.54) is 17.5 Å². The first kappa shape index (κ1) is 23.0. The summed E-state index contributed by atoms with van der Waals surface area (Å²) in [6, 6.07) is 22.5. The van der Waals surface area contributed by atoms with Crippen molar-refractivity contribution in [2.75, 3.05) is 38.7 Å². The lowest BCUT2D eigenvalue weighted by Crippen LogP contribution is -2.40. The number of nitrogens with zero attached hydrogens (tertiary/aromatic N) is 1. The molecule has 172 valence electrons. The Labute approximate surface area is 194 Å². The molecule has 0 spiro atoms. The molecule has 1 aliphatic rings. The number of benzene rings is 3. The van der Waals surface area contributed by atoms with E-state index in [-0.39, 0.29) is 36.1 Å². The number of ether oxygens (including phenoxy) is 2. The van der Waals surface area contributed by atoms with Gasteiger partial charge in [-0.2, -0.15) is 4.31 Å². The minimum Gasteiger partial charge on any atom is -0.495 e. The first-order valence-electron chi connectivity index (χ1n) is 10.7. The van der Waals surface area contributed by atoms with Crippen molar-refractivity contribution >= 4 is 21.6 Å². The Balaban J connectivity index is 1.47. The third kappa shape index (κ3) is 5.42. The predicted molar refractivity (Wildman–Crippen MR) is 127 cm³/mol. The van der Waals surface area contributed by atoms with E-state index in [2.05, 4.69) is 5.32 Å². The lowest BCUT2D eigenvalue weighted by atomic mass is 10.0. The average molecular weight is 467 g/mol. The third-order valence-corrected chi connectivity index (χ3v) is 7.38. The highest BCUT2D eigenvalue weighted by atomic mass is 32.2. The summed E-state index contributed by atoms with van der Waals surface area (Å²) in [6.45, 7) is 1.25. The molecule has 1 saturated heterocycles. The maximum atomic E-state index is 13.1. The summed E-state index contributed by atoms with van der Waals surface area (Å²) in [7, 11) is -2.35. The highest BCUT2D eigenvalue weighted by Gasteiger charge is 2.29. The molecular weight excluding hydrogens is 440 g/mol. The van der Waals surface area contributed by atoms with Crippen molar-refractivity contribution in [3.8, 4) is 16.9 Å². The Morgan fingerprint density at radius 3 is 2.30 bits per heavy atom. The zero-order valence-corrected chi connectivity index (χ0v) is 19.2. The summed E-state index contributed by atoms with van der Waals surface area (Å²) < 4.78 is 38.1. The molecule has 3 aromatic carbocycles. The first-order valence-corrected chi connectivity index (χ1v) is 12.1. The molecular formula is C25H26N2O5S. The minimum absolute atomic E-state index is 0.0249. The van der Waals surface area contributed by atoms with Crippen LogP contribution in [-0.2, 0) is 26.0 Å². The number of methoxy groups -OCH3 is 1. The van der Waals surface area contributed by atoms with Gasteiger partial charge in [0.1, 0.15) is 10.6 Å². The van der Waals surface area contributed by atoms with Gasteiger partial charge in [0.15, 0.2) is 0 Å². The number of carbonyl (C=O) groups excluding carboxylic acids is 1. The summed E-state index contributed by atoms with van der Waals surface area (Å²) in [5.41, 5.74) is 3.45. The van der Waals surface area contributed by atoms with E-state index in [9.17, 15) is 13.2 Å². The number of morpholine rings is 1. The molecule has 0 atom stereocenters. The van der Waals surface area contributed by atoms with Crippen LogP contribution >= 0.6 is 0 Å². The van der Waals surface area contributed by atoms with Crippen molar-refractivity contribution in [3.05, 3.63) is 78.4 Å². The predicted octanol–water partition coefficient (Wildman–Crippen LogP) is 3.56. The van der Waals surface area contributed by atoms with Crippen LogP contribution in [0.3, 0.4) is 0 Å². The molecule has 0 saturated carbocycles. The lowest BCUT2D eigenvalue weighted by molar-refractivity contribution is -0.115. The monoisotopic (exact) mass is 466 g/mol. The van der Waals surface area contributed by atoms with Crippen LogP contribution in [0.2, 0.25) is 0 Å². The maximum Gasteiger partial charge on any atom is 0.246 e. The van der Waals surface area contributed by atoms with Crippen molar-refractivity contribution in [1.29, 1.82) is 0 Å². The van der Waals surface area contributed by atoms with Crippen LogP contribution in [0, 0.1) is 0 Å². The topological polar surface area (TPSA) is 84.9 Å². The molecule has 1 fully saturated rings. The quantitative estimate of drug-likeness (QED) is 0.576. The molecule has 4 rings (SSSR count). The molecule has 1 N–H and O–H groups in total. The number of hydrogen-bond donors (Lipinski definition) is 1. The fourth-order valence-corrected chi connectivity index (χ4v) is 5.31. The van der Waals surface area contributed by atoms with Gasteiger partial charge >= 0.3 is 0 Å². The number of sulfonamides is 1. The van der Waals surface area contributed by atoms with Gasteiger partial charge in [0.05, 0.1) is 26.7 Å². The summed E-state index contributed by atoms with van der Waals surface area (Å²) in [5.74, 6) is -0.00154. The molecule has 1 heterocycles. The maximum absolute atomic E-state index is 13.1. The second kappa shape index (κ2) is 10.2. The van der Waals surface area contributed by atoms with Crippen molar-refractivity contribution in [2.45, 2.75) is 11.3 Å². The number of carbonyl (C=O) groups is 1. The highest BCUT2D eigenvalue weighted by Crippen LogP contribution is 2.30. The molecule has 1 amide bonds. The molecule has 0 aromatic heterocycles. The molecule has 3 aromatic rings. The number of anilines is 1. The molecule has 0 unspecified atom stereocenters. The van der Waals surface area contributed by atoms with E-state index in [1.54, 1.807) is 12.1 Å². The van der Waals surface area contributed by atoms with Crippen molar-refractivity contribution < 1.29 is 22.7 Å². The minimum atomic E-state index is -3.78. The fourth-order valence-electron chi connectivity index (χ4n) is 3.72. The van der Waals surface area contributed by atoms with Crippen LogP contribution in [0.5, 0.6) is 5.75 Å². The summed E-state index contributed by atoms with van der Waals surface area (Å²) in [4.78, 5) is 12.7. The highest BCUT2D eigenvalue weighted by molar-refractivity contribution is 7.89. The van der Waals surface area contributed by atoms with E-state index in [0.29, 0.717) is 18.9 Å². The fraction of sp³-hybridized carbons (Fsp3) is 0.240. The molecule has 1 aliphatic heterocycles. The number of hydrogen-bond acceptors (Lipinski definition) is 5. The van der Waals surface area contributed by atoms with Gasteiger partial charge in [-0.05, 0) is 34.9 Å². The van der Waals surface area contributed by atoms with Crippen molar-refractivity contribution in [2.24, 2.45) is 0 Å². The number of rotatable bonds is 7. The van der Waals surface area contributed by atoms with Crippen LogP contribution in [0.15, 0.2) is 77.7 Å². The van der Waals surface area contributed by atoms with Gasteiger partial charge < -0.3 is 14.8 Å². The molecule has 7 nitrogen and oxygen atoms in total. The number of amides is 1. The first-order chi connectivity index (χ1) is 16.0. The molecule has 8 heteroatoms. The smallest absolute Gasteiger partial charge is 0.246 e. The summed E-state index contributed by atoms with van der Waals surface area (Å²) in [5, 5.41) is 2.80. The van der Waals surface area contributed by atoms with Gasteiger partial charge in [-0.15, -0.1) is 0 Å². The van der Waals surface area contributed by atoms with Gasteiger partial charge in [-0.3, -0.25) is 4.79 Å². The Hall–Kier alpha value is -3.20. The van der Waals surface area contributed by atoms with Crippen LogP contribution in [-0.4, -0.2) is 52.0 Å². The van der Waals surface area contributed by atoms with Gasteiger partial charge in [-0.1, -0.05) is 54.6 Å². The molecule has 0 aliphatic carbocycles. The Bertz CT molecular complexity index is 1210. The number of nitrogens with one attached hydrogen (secondary N) is 1. The van der Waals surface area contributed by atoms with Gasteiger partial charge in [0.2, 0.25) is 15.9 Å². The zero-order chi connectivity index (χ0) is 23.3. The largest absolute Gasteiger partial charge is 0.495 e. The lowest BCUT2D eigenvalue weighted by Gasteiger charge is -2.26. The van der Waals surface area contributed by atoms with Gasteiger partial charge in [0.25, 0.3) is 0 Å². The SMILES string of the molecule is COc1ccc(NC(=O)Cc2ccc(-c3ccccc3)cc2)cc1S(=O)(=O)N1CCOCC1. The second-order valence-electron chi connectivity index (χ2n) is 7.67. The molecule has 0 bridgehead atoms. The third-order valence-electron chi connectivity index (χ3n) is 5.46. The van der Waals surface area contributed by atoms with E-state index in [1.807, 2.05) is 54.6 Å². The van der Waals surface area contributed by atoms with Crippen molar-refractivity contribution in [1.82, 2.24) is 4.31 Å². The van der Waals surface area contributed by atoms with E-state index >= 15 is 0 Å². The van der Waals surface area contributed by atoms with E-state index in [4.69, 9.17) is 9.47 Å². The summed E-state index contributed by atoms with van der Waals surface area (Å²) in [6.07, 6.45) is 0.173. The molecule has 0 radical (unpaired) electrons. The van der Waals surface area contributed by atoms with Crippen LogP contribution in [0.4, 0.5) is 5.69 Å². The van der Waals surface area contributed by atoms with E-state index in [0.717, 1.165) is 16.7 Å². The Morgan fingerprint density at radius 1 is 0.970 bits per heavy atom. The van der Waals surface area contributed by atoms with Crippen LogP contribution in [0.25, 0.3) is 11.1 Å². The molecule has 33 heavy (non-hydrogen) atoms. The summed E-state index contributed by atoms with van der Waals surface area (Å²) >= 11 is 0. The van der Waals surface area contributed by atoms with Crippen molar-refractivity contribution in [3.63, 3.8) is 0 Å². The van der Waals surface area contributed by atoms with E-state index < -0.39 is 10.0 Å². The van der Waals surface area contributed by atoms with Crippen LogP contribution < -0.4 is 10.1 Å². The van der Waals surface area contributed by atoms with Gasteiger partial charge in [-0.25, -0.2) is 8.42 Å². The Kier molecular flexibility index (Phi) is 7.08. The standard InChI is InChI=1S/C25H26N2O5S/c1-31-23-12-11-22(18-24(23)33(29,30)27-13-15-32-16-14-27)26-25(28)17-19-7-9-21(10-8-19)20-5-3-2-4-6-20/h2-12,18H,13-17H2,1H3,(H,26,28).